The fourth-order valence-electron chi connectivity index (χ4n) is 1.94. The van der Waals surface area contributed by atoms with E-state index >= 15 is 0 Å². The minimum atomic E-state index is -1.61. The second-order valence-corrected chi connectivity index (χ2v) is 7.07. The maximum absolute atomic E-state index is 12.2. The van der Waals surface area contributed by atoms with Crippen molar-refractivity contribution in [2.24, 2.45) is 0 Å². The van der Waals surface area contributed by atoms with Crippen molar-refractivity contribution in [2.45, 2.75) is 37.4 Å². The molecule has 0 aliphatic carbocycles. The number of carboxylic acids is 2. The largest absolute Gasteiger partial charge is 0.615 e. The van der Waals surface area contributed by atoms with Crippen LogP contribution in [0.5, 0.6) is 0 Å². The van der Waals surface area contributed by atoms with Gasteiger partial charge in [0.25, 0.3) is 0 Å². The topological polar surface area (TPSA) is 97.7 Å². The van der Waals surface area contributed by atoms with Gasteiger partial charge in [-0.1, -0.05) is 30.3 Å². The molecule has 0 aliphatic heterocycles. The van der Waals surface area contributed by atoms with Crippen molar-refractivity contribution in [2.75, 3.05) is 5.75 Å². The molecule has 2 unspecified atom stereocenters. The molecule has 1 aromatic rings. The maximum atomic E-state index is 12.2. The molecule has 1 rings (SSSR count). The molecule has 0 aromatic heterocycles. The van der Waals surface area contributed by atoms with E-state index in [0.717, 1.165) is 12.0 Å². The van der Waals surface area contributed by atoms with Gasteiger partial charge in [-0.2, -0.15) is 0 Å². The van der Waals surface area contributed by atoms with E-state index in [4.69, 9.17) is 5.11 Å². The quantitative estimate of drug-likeness (QED) is 0.680. The Morgan fingerprint density at radius 3 is 2.38 bits per heavy atom. The van der Waals surface area contributed by atoms with Crippen molar-refractivity contribution in [3.05, 3.63) is 35.9 Å². The average Bonchev–Trinajstić information content (AvgIpc) is 2.45. The molecule has 5 nitrogen and oxygen atoms in total. The first-order valence-corrected chi connectivity index (χ1v) is 8.06. The molecule has 0 saturated carbocycles. The fraction of sp³-hybridized carbons (Fsp3) is 0.467. The summed E-state index contributed by atoms with van der Waals surface area (Å²) in [6.45, 7) is 1.36. The molecule has 116 valence electrons. The molecule has 0 amide bonds. The lowest BCUT2D eigenvalue weighted by Crippen LogP contribution is -2.45. The summed E-state index contributed by atoms with van der Waals surface area (Å²) in [5.41, 5.74) is 1.11. The standard InChI is InChI=1S/C15H20O5S/c1-15(14(18)19,10-9-13(16)17)21(20)11-5-8-12-6-3-2-4-7-12/h2-4,6-7H,5,8-11H2,1H3,(H,16,17)(H,18,19). The lowest BCUT2D eigenvalue weighted by atomic mass is 10.1. The smallest absolute Gasteiger partial charge is 0.359 e. The van der Waals surface area contributed by atoms with Crippen LogP contribution >= 0.6 is 0 Å². The third-order valence-corrected chi connectivity index (χ3v) is 5.45. The molecule has 0 bridgehead atoms. The maximum Gasteiger partial charge on any atom is 0.359 e. The van der Waals surface area contributed by atoms with Gasteiger partial charge in [0.2, 0.25) is 4.75 Å². The summed E-state index contributed by atoms with van der Waals surface area (Å²) in [4.78, 5) is 21.9. The van der Waals surface area contributed by atoms with Crippen LogP contribution in [0.15, 0.2) is 30.3 Å². The highest BCUT2D eigenvalue weighted by atomic mass is 32.2. The van der Waals surface area contributed by atoms with E-state index in [1.54, 1.807) is 0 Å². The van der Waals surface area contributed by atoms with Crippen LogP contribution in [0.2, 0.25) is 0 Å². The Bertz CT molecular complexity index is 476. The average molecular weight is 312 g/mol. The van der Waals surface area contributed by atoms with E-state index in [1.807, 2.05) is 30.3 Å². The molecule has 0 spiro atoms. The van der Waals surface area contributed by atoms with Crippen LogP contribution in [0.1, 0.15) is 31.7 Å². The predicted molar refractivity (Wildman–Crippen MR) is 80.7 cm³/mol. The molecule has 0 heterocycles. The summed E-state index contributed by atoms with van der Waals surface area (Å²) in [6.07, 6.45) is 0.899. The number of rotatable bonds is 9. The van der Waals surface area contributed by atoms with Crippen LogP contribution in [-0.4, -0.2) is 37.2 Å². The van der Waals surface area contributed by atoms with Gasteiger partial charge in [0.15, 0.2) is 0 Å². The summed E-state index contributed by atoms with van der Waals surface area (Å²) >= 11 is -1.61. The summed E-state index contributed by atoms with van der Waals surface area (Å²) in [5.74, 6) is -2.04. The van der Waals surface area contributed by atoms with Gasteiger partial charge in [-0.3, -0.25) is 4.79 Å². The van der Waals surface area contributed by atoms with E-state index < -0.39 is 27.9 Å². The Morgan fingerprint density at radius 2 is 1.86 bits per heavy atom. The minimum Gasteiger partial charge on any atom is -0.615 e. The fourth-order valence-corrected chi connectivity index (χ4v) is 3.32. The Morgan fingerprint density at radius 1 is 1.24 bits per heavy atom. The number of benzene rings is 1. The van der Waals surface area contributed by atoms with Gasteiger partial charge >= 0.3 is 11.9 Å². The monoisotopic (exact) mass is 312 g/mol. The number of aliphatic carboxylic acids is 2. The van der Waals surface area contributed by atoms with Gasteiger partial charge < -0.3 is 14.8 Å². The second-order valence-electron chi connectivity index (χ2n) is 5.07. The summed E-state index contributed by atoms with van der Waals surface area (Å²) in [5, 5.41) is 17.9. The van der Waals surface area contributed by atoms with Crippen molar-refractivity contribution < 1.29 is 24.4 Å². The lowest BCUT2D eigenvalue weighted by Gasteiger charge is -2.27. The zero-order chi connectivity index (χ0) is 15.9. The Balaban J connectivity index is 2.54. The molecule has 6 heteroatoms. The molecule has 21 heavy (non-hydrogen) atoms. The highest BCUT2D eigenvalue weighted by molar-refractivity contribution is 7.93. The molecule has 2 N–H and O–H groups in total. The van der Waals surface area contributed by atoms with Gasteiger partial charge in [0, 0.05) is 6.42 Å². The number of hydrogen-bond donors (Lipinski definition) is 2. The number of hydrogen-bond acceptors (Lipinski definition) is 3. The molecule has 0 fully saturated rings. The highest BCUT2D eigenvalue weighted by Gasteiger charge is 2.45. The van der Waals surface area contributed by atoms with E-state index in [9.17, 15) is 19.2 Å². The van der Waals surface area contributed by atoms with E-state index in [-0.39, 0.29) is 18.6 Å². The molecular weight excluding hydrogens is 292 g/mol. The minimum absolute atomic E-state index is 0.129. The summed E-state index contributed by atoms with van der Waals surface area (Å²) in [6, 6.07) is 9.67. The SMILES string of the molecule is CC(CCC(=O)O)(C(=O)O)[S+]([O-])CCCc1ccccc1. The van der Waals surface area contributed by atoms with Crippen molar-refractivity contribution in [1.82, 2.24) is 0 Å². The zero-order valence-corrected chi connectivity index (χ0v) is 12.8. The number of carboxylic acid groups (broad SMARTS) is 2. The molecule has 0 radical (unpaired) electrons. The van der Waals surface area contributed by atoms with Gasteiger partial charge in [-0.15, -0.1) is 0 Å². The third-order valence-electron chi connectivity index (χ3n) is 3.41. The highest BCUT2D eigenvalue weighted by Crippen LogP contribution is 2.25. The van der Waals surface area contributed by atoms with Crippen molar-refractivity contribution in [3.8, 4) is 0 Å². The van der Waals surface area contributed by atoms with Gasteiger partial charge in [0.05, 0.1) is 6.42 Å². The van der Waals surface area contributed by atoms with Gasteiger partial charge in [0.1, 0.15) is 5.75 Å². The predicted octanol–water partition coefficient (Wildman–Crippen LogP) is 2.08. The molecule has 2 atom stereocenters. The van der Waals surface area contributed by atoms with Crippen LogP contribution in [-0.2, 0) is 27.2 Å². The molecule has 0 aliphatic rings. The molecular formula is C15H20O5S. The van der Waals surface area contributed by atoms with E-state index in [2.05, 4.69) is 0 Å². The number of aryl methyl sites for hydroxylation is 1. The summed E-state index contributed by atoms with van der Waals surface area (Å²) < 4.78 is 10.7. The number of carbonyl (C=O) groups is 2. The van der Waals surface area contributed by atoms with Crippen LogP contribution < -0.4 is 0 Å². The molecule has 0 saturated heterocycles. The molecule has 1 aromatic carbocycles. The van der Waals surface area contributed by atoms with Crippen molar-refractivity contribution in [1.29, 1.82) is 0 Å². The first kappa shape index (κ1) is 17.5. The zero-order valence-electron chi connectivity index (χ0n) is 11.9. The van der Waals surface area contributed by atoms with E-state index in [0.29, 0.717) is 6.42 Å². The lowest BCUT2D eigenvalue weighted by molar-refractivity contribution is -0.140. The first-order valence-electron chi connectivity index (χ1n) is 6.74. The second kappa shape index (κ2) is 8.05. The van der Waals surface area contributed by atoms with Gasteiger partial charge in [-0.05, 0) is 36.5 Å². The Labute approximate surface area is 127 Å². The van der Waals surface area contributed by atoms with Gasteiger partial charge in [-0.25, -0.2) is 4.79 Å². The van der Waals surface area contributed by atoms with Crippen molar-refractivity contribution >= 4 is 23.1 Å². The van der Waals surface area contributed by atoms with Crippen LogP contribution in [0.3, 0.4) is 0 Å². The Hall–Kier alpha value is -1.53. The first-order chi connectivity index (χ1) is 9.86. The third kappa shape index (κ3) is 5.40. The van der Waals surface area contributed by atoms with Crippen molar-refractivity contribution in [3.63, 3.8) is 0 Å². The van der Waals surface area contributed by atoms with Crippen LogP contribution in [0, 0.1) is 0 Å². The van der Waals surface area contributed by atoms with Crippen LogP contribution in [0.25, 0.3) is 0 Å². The Kier molecular flexibility index (Phi) is 6.71. The summed E-state index contributed by atoms with van der Waals surface area (Å²) in [7, 11) is 0. The van der Waals surface area contributed by atoms with E-state index in [1.165, 1.54) is 6.92 Å². The normalized spacial score (nSPS) is 15.1. The van der Waals surface area contributed by atoms with Crippen LogP contribution in [0.4, 0.5) is 0 Å².